The van der Waals surface area contributed by atoms with Crippen molar-refractivity contribution in [2.45, 2.75) is 18.6 Å². The maximum absolute atomic E-state index is 13.3. The Bertz CT molecular complexity index is 428. The SMILES string of the molecule is CC(CCNc1cc(F)c(Br)cc1N)S(C)=O. The number of halogens is 2. The third kappa shape index (κ3) is 4.27. The first-order valence-corrected chi connectivity index (χ1v) is 7.64. The molecule has 1 rings (SSSR count). The maximum Gasteiger partial charge on any atom is 0.139 e. The highest BCUT2D eigenvalue weighted by molar-refractivity contribution is 9.10. The van der Waals surface area contributed by atoms with E-state index in [1.807, 2.05) is 6.92 Å². The molecule has 0 aliphatic carbocycles. The summed E-state index contributed by atoms with van der Waals surface area (Å²) in [5.74, 6) is -0.353. The second-order valence-corrected chi connectivity index (χ2v) is 6.53. The average Bonchev–Trinajstić information content (AvgIpc) is 2.25. The molecule has 0 saturated heterocycles. The van der Waals surface area contributed by atoms with E-state index < -0.39 is 10.8 Å². The predicted molar refractivity (Wildman–Crippen MR) is 75.1 cm³/mol. The van der Waals surface area contributed by atoms with Crippen LogP contribution in [0.1, 0.15) is 13.3 Å². The fraction of sp³-hybridized carbons (Fsp3) is 0.455. The second kappa shape index (κ2) is 6.35. The summed E-state index contributed by atoms with van der Waals surface area (Å²) in [6, 6.07) is 2.88. The van der Waals surface area contributed by atoms with Gasteiger partial charge in [0.25, 0.3) is 0 Å². The van der Waals surface area contributed by atoms with Gasteiger partial charge in [0, 0.05) is 34.9 Å². The number of hydrogen-bond donors (Lipinski definition) is 2. The number of nitrogens with one attached hydrogen (secondary N) is 1. The van der Waals surface area contributed by atoms with E-state index in [-0.39, 0.29) is 11.1 Å². The van der Waals surface area contributed by atoms with Gasteiger partial charge in [-0.25, -0.2) is 4.39 Å². The van der Waals surface area contributed by atoms with Gasteiger partial charge in [-0.1, -0.05) is 6.92 Å². The van der Waals surface area contributed by atoms with E-state index in [1.165, 1.54) is 12.1 Å². The van der Waals surface area contributed by atoms with E-state index in [1.54, 1.807) is 6.26 Å². The van der Waals surface area contributed by atoms with Gasteiger partial charge in [0.05, 0.1) is 15.8 Å². The van der Waals surface area contributed by atoms with Crippen molar-refractivity contribution < 1.29 is 8.60 Å². The van der Waals surface area contributed by atoms with E-state index in [0.29, 0.717) is 22.4 Å². The fourth-order valence-corrected chi connectivity index (χ4v) is 2.10. The third-order valence-electron chi connectivity index (χ3n) is 2.53. The van der Waals surface area contributed by atoms with Crippen molar-refractivity contribution in [3.63, 3.8) is 0 Å². The quantitative estimate of drug-likeness (QED) is 0.819. The number of anilines is 2. The lowest BCUT2D eigenvalue weighted by Crippen LogP contribution is -2.15. The second-order valence-electron chi connectivity index (χ2n) is 3.88. The van der Waals surface area contributed by atoms with Crippen LogP contribution in [0.2, 0.25) is 0 Å². The minimum Gasteiger partial charge on any atom is -0.397 e. The summed E-state index contributed by atoms with van der Waals surface area (Å²) in [5.41, 5.74) is 6.81. The minimum absolute atomic E-state index is 0.115. The highest BCUT2D eigenvalue weighted by Crippen LogP contribution is 2.26. The van der Waals surface area contributed by atoms with Gasteiger partial charge in [-0.2, -0.15) is 0 Å². The summed E-state index contributed by atoms with van der Waals surface area (Å²) in [5, 5.41) is 3.16. The van der Waals surface area contributed by atoms with Crippen LogP contribution < -0.4 is 11.1 Å². The number of rotatable bonds is 5. The monoisotopic (exact) mass is 322 g/mol. The van der Waals surface area contributed by atoms with Crippen LogP contribution in [0.4, 0.5) is 15.8 Å². The highest BCUT2D eigenvalue weighted by atomic mass is 79.9. The molecule has 0 saturated carbocycles. The van der Waals surface area contributed by atoms with Gasteiger partial charge < -0.3 is 11.1 Å². The summed E-state index contributed by atoms with van der Waals surface area (Å²) in [6.07, 6.45) is 2.43. The summed E-state index contributed by atoms with van der Waals surface area (Å²) in [6.45, 7) is 2.54. The molecule has 2 atom stereocenters. The van der Waals surface area contributed by atoms with Gasteiger partial charge in [0.1, 0.15) is 5.82 Å². The molecule has 3 nitrogen and oxygen atoms in total. The Balaban J connectivity index is 2.58. The molecule has 2 unspecified atom stereocenters. The molecule has 17 heavy (non-hydrogen) atoms. The summed E-state index contributed by atoms with van der Waals surface area (Å²) in [7, 11) is -0.834. The summed E-state index contributed by atoms with van der Waals surface area (Å²) >= 11 is 3.07. The lowest BCUT2D eigenvalue weighted by molar-refractivity contribution is 0.621. The number of nitrogens with two attached hydrogens (primary N) is 1. The van der Waals surface area contributed by atoms with Gasteiger partial charge in [0.2, 0.25) is 0 Å². The molecule has 0 radical (unpaired) electrons. The molecule has 96 valence electrons. The molecule has 0 aliphatic heterocycles. The van der Waals surface area contributed by atoms with E-state index in [2.05, 4.69) is 21.2 Å². The zero-order chi connectivity index (χ0) is 13.0. The smallest absolute Gasteiger partial charge is 0.139 e. The zero-order valence-corrected chi connectivity index (χ0v) is 12.2. The summed E-state index contributed by atoms with van der Waals surface area (Å²) < 4.78 is 24.8. The molecule has 0 heterocycles. The number of nitrogen functional groups attached to an aromatic ring is 1. The van der Waals surface area contributed by atoms with Gasteiger partial charge in [0.15, 0.2) is 0 Å². The van der Waals surface area contributed by atoms with Crippen LogP contribution >= 0.6 is 15.9 Å². The van der Waals surface area contributed by atoms with Gasteiger partial charge in [-0.05, 0) is 28.4 Å². The number of hydrogen-bond acceptors (Lipinski definition) is 3. The molecule has 1 aromatic carbocycles. The zero-order valence-electron chi connectivity index (χ0n) is 9.80. The topological polar surface area (TPSA) is 55.1 Å². The van der Waals surface area contributed by atoms with Crippen LogP contribution in [0.15, 0.2) is 16.6 Å². The van der Waals surface area contributed by atoms with Crippen LogP contribution in [-0.2, 0) is 10.8 Å². The van der Waals surface area contributed by atoms with E-state index in [9.17, 15) is 8.60 Å². The van der Waals surface area contributed by atoms with Crippen molar-refractivity contribution in [2.24, 2.45) is 0 Å². The normalized spacial score (nSPS) is 14.4. The molecule has 0 aliphatic rings. The fourth-order valence-electron chi connectivity index (χ4n) is 1.29. The molecular formula is C11H16BrFN2OS. The van der Waals surface area contributed by atoms with Crippen molar-refractivity contribution in [1.82, 2.24) is 0 Å². The first-order chi connectivity index (χ1) is 7.91. The van der Waals surface area contributed by atoms with Crippen LogP contribution in [0.5, 0.6) is 0 Å². The minimum atomic E-state index is -0.834. The van der Waals surface area contributed by atoms with Gasteiger partial charge in [-0.15, -0.1) is 0 Å². The van der Waals surface area contributed by atoms with Crippen LogP contribution in [0.3, 0.4) is 0 Å². The Morgan fingerprint density at radius 2 is 2.24 bits per heavy atom. The molecule has 6 heteroatoms. The van der Waals surface area contributed by atoms with Crippen LogP contribution in [-0.4, -0.2) is 22.3 Å². The van der Waals surface area contributed by atoms with Crippen molar-refractivity contribution in [3.05, 3.63) is 22.4 Å². The summed E-state index contributed by atoms with van der Waals surface area (Å²) in [4.78, 5) is 0. The van der Waals surface area contributed by atoms with Crippen molar-refractivity contribution in [1.29, 1.82) is 0 Å². The van der Waals surface area contributed by atoms with Crippen LogP contribution in [0.25, 0.3) is 0 Å². The molecule has 0 aromatic heterocycles. The van der Waals surface area contributed by atoms with Gasteiger partial charge in [-0.3, -0.25) is 4.21 Å². The molecule has 0 amide bonds. The van der Waals surface area contributed by atoms with Crippen molar-refractivity contribution in [2.75, 3.05) is 23.9 Å². The first-order valence-electron chi connectivity index (χ1n) is 5.22. The standard InChI is InChI=1S/C11H16BrFN2OS/c1-7(17(2)16)3-4-15-11-6-9(13)8(12)5-10(11)14/h5-7,15H,3-4,14H2,1-2H3. The predicted octanol–water partition coefficient (Wildman–Crippen LogP) is 2.74. The Labute approximate surface area is 112 Å². The first kappa shape index (κ1) is 14.4. The lowest BCUT2D eigenvalue weighted by Gasteiger charge is -2.12. The molecule has 1 aromatic rings. The van der Waals surface area contributed by atoms with Crippen LogP contribution in [0, 0.1) is 5.82 Å². The largest absolute Gasteiger partial charge is 0.397 e. The Hall–Kier alpha value is -0.620. The molecule has 3 N–H and O–H groups in total. The van der Waals surface area contributed by atoms with E-state index in [4.69, 9.17) is 5.73 Å². The highest BCUT2D eigenvalue weighted by Gasteiger charge is 2.08. The van der Waals surface area contributed by atoms with Crippen molar-refractivity contribution >= 4 is 38.1 Å². The Kier molecular flexibility index (Phi) is 5.39. The molecular weight excluding hydrogens is 307 g/mol. The Morgan fingerprint density at radius 1 is 1.59 bits per heavy atom. The Morgan fingerprint density at radius 3 is 2.82 bits per heavy atom. The average molecular weight is 323 g/mol. The molecule has 0 bridgehead atoms. The molecule has 0 fully saturated rings. The number of benzene rings is 1. The molecule has 0 spiro atoms. The van der Waals surface area contributed by atoms with Crippen molar-refractivity contribution in [3.8, 4) is 0 Å². The van der Waals surface area contributed by atoms with E-state index >= 15 is 0 Å². The van der Waals surface area contributed by atoms with Gasteiger partial charge >= 0.3 is 0 Å². The third-order valence-corrected chi connectivity index (χ3v) is 4.50. The van der Waals surface area contributed by atoms with E-state index in [0.717, 1.165) is 6.42 Å². The lowest BCUT2D eigenvalue weighted by atomic mass is 10.2. The maximum atomic E-state index is 13.3.